The SMILES string of the molecule is C/C=C1\NC(=O)[C@H](Cc2ccccc2)NC(=O)[C@@H](C(C)C)NC(=O)[C@@H]([C@H](C)CC)NC(=O)[C@H](NC(=O)[C@H](NC(=O)[C@H](CCCN)NC(=O)[C@H]2CCCN2C(=O)[C@H](NC(=O)[C@@H](NC(=O)[C@@H](NC(=O)[C@@H](NC(=O)CCCC(C)C)C(C)C)[C@@H](C)O)C(C)C)C(C)C)[C@H](C)CC)[C@H](C)OC(=O)[C@H](C(C)C)NC1=O. The van der Waals surface area contributed by atoms with Gasteiger partial charge in [-0.3, -0.25) is 62.3 Å². The van der Waals surface area contributed by atoms with E-state index < -0.39 is 203 Å². The van der Waals surface area contributed by atoms with Crippen molar-refractivity contribution in [2.24, 2.45) is 53.1 Å². The minimum absolute atomic E-state index is 0.0355. The summed E-state index contributed by atoms with van der Waals surface area (Å²) in [5.41, 5.74) is 6.34. The normalized spacial score (nSPS) is 22.6. The van der Waals surface area contributed by atoms with Gasteiger partial charge >= 0.3 is 5.97 Å². The minimum atomic E-state index is -1.83. The van der Waals surface area contributed by atoms with Gasteiger partial charge in [0.15, 0.2) is 0 Å². The third-order valence-corrected chi connectivity index (χ3v) is 19.3. The Bertz CT molecular complexity index is 3160. The van der Waals surface area contributed by atoms with Crippen LogP contribution in [0.1, 0.15) is 195 Å². The molecule has 2 aliphatic rings. The van der Waals surface area contributed by atoms with Crippen LogP contribution < -0.4 is 69.5 Å². The van der Waals surface area contributed by atoms with E-state index in [4.69, 9.17) is 10.5 Å². The van der Waals surface area contributed by atoms with Crippen molar-refractivity contribution in [3.8, 4) is 0 Å². The second-order valence-electron chi connectivity index (χ2n) is 30.2. The number of allylic oxidation sites excluding steroid dienone is 1. The second-order valence-corrected chi connectivity index (χ2v) is 30.2. The number of carbonyl (C=O) groups excluding carboxylic acids is 14. The number of likely N-dealkylation sites (tertiary alicyclic amines) is 1. The molecule has 105 heavy (non-hydrogen) atoms. The standard InChI is InChI=1S/C75H124N14O16/c1-20-44(16)59(71(100)88-62-47(19)105-75(104)58(43(14)15)84-63(92)49(22-3)77-65(94)51(37-48-30-24-23-25-31-48)79-67(96)55(40(8)9)81-70(99)60(45(17)21-2)86-73(62)102)85-64(93)50(32-27-35-76)78-66(95)52-33-28-36-89(52)74(103)57(42(12)13)83-69(98)56(41(10)11)82-72(101)61(46(18)90)87-68(97)54(39(6)7)80-53(91)34-26-29-38(4)5/h22-25,30-31,38-47,50-52,54-62,90H,20-21,26-29,32-37,76H2,1-19H3,(H,77,94)(H,78,95)(H,79,96)(H,80,91)(H,81,99)(H,82,101)(H,83,98)(H,84,92)(H,85,93)(H,86,102)(H,87,97)(H,88,100)/b49-22-/t44-,45-,46-,47+,50+,51+,52-,54+,55-,56+,57-,58+,59-,60-,61+,62-/m1/s1. The molecule has 2 heterocycles. The molecule has 590 valence electrons. The first kappa shape index (κ1) is 90.7. The number of nitrogens with one attached hydrogen (secondary N) is 12. The number of hydrogen-bond donors (Lipinski definition) is 14. The molecule has 0 aliphatic carbocycles. The van der Waals surface area contributed by atoms with Crippen LogP contribution in [0.25, 0.3) is 0 Å². The Morgan fingerprint density at radius 2 is 1.15 bits per heavy atom. The smallest absolute Gasteiger partial charge is 0.329 e. The van der Waals surface area contributed by atoms with Crippen molar-refractivity contribution in [3.63, 3.8) is 0 Å². The highest BCUT2D eigenvalue weighted by atomic mass is 16.5. The van der Waals surface area contributed by atoms with Gasteiger partial charge in [0, 0.05) is 19.4 Å². The summed E-state index contributed by atoms with van der Waals surface area (Å²) in [4.78, 5) is 202. The van der Waals surface area contributed by atoms with Crippen LogP contribution in [0.4, 0.5) is 0 Å². The maximum atomic E-state index is 15.0. The van der Waals surface area contributed by atoms with Gasteiger partial charge in [0.25, 0.3) is 5.91 Å². The summed E-state index contributed by atoms with van der Waals surface area (Å²) in [5.74, 6) is -15.1. The van der Waals surface area contributed by atoms with E-state index in [-0.39, 0.29) is 63.2 Å². The fourth-order valence-electron chi connectivity index (χ4n) is 12.1. The van der Waals surface area contributed by atoms with Crippen molar-refractivity contribution in [2.45, 2.75) is 280 Å². The van der Waals surface area contributed by atoms with Crippen LogP contribution in [0.15, 0.2) is 42.1 Å². The molecule has 0 unspecified atom stereocenters. The van der Waals surface area contributed by atoms with Gasteiger partial charge in [0.2, 0.25) is 70.9 Å². The summed E-state index contributed by atoms with van der Waals surface area (Å²) in [6, 6.07) is -7.67. The van der Waals surface area contributed by atoms with Gasteiger partial charge in [-0.1, -0.05) is 166 Å². The van der Waals surface area contributed by atoms with Crippen LogP contribution in [0.2, 0.25) is 0 Å². The number of rotatable bonds is 33. The third kappa shape index (κ3) is 27.7. The molecule has 1 aromatic rings. The highest BCUT2D eigenvalue weighted by molar-refractivity contribution is 6.03. The zero-order valence-corrected chi connectivity index (χ0v) is 65.2. The van der Waals surface area contributed by atoms with Gasteiger partial charge < -0.3 is 84.3 Å². The van der Waals surface area contributed by atoms with Gasteiger partial charge in [-0.15, -0.1) is 0 Å². The van der Waals surface area contributed by atoms with Crippen molar-refractivity contribution in [2.75, 3.05) is 13.1 Å². The Morgan fingerprint density at radius 3 is 1.69 bits per heavy atom. The molecule has 0 aromatic heterocycles. The van der Waals surface area contributed by atoms with Crippen LogP contribution in [0.5, 0.6) is 0 Å². The quantitative estimate of drug-likeness (QED) is 0.0353. The number of carbonyl (C=O) groups is 14. The zero-order chi connectivity index (χ0) is 79.4. The number of nitrogens with two attached hydrogens (primary N) is 1. The highest BCUT2D eigenvalue weighted by Gasteiger charge is 2.44. The lowest BCUT2D eigenvalue weighted by Crippen LogP contribution is -2.64. The van der Waals surface area contributed by atoms with Crippen molar-refractivity contribution in [3.05, 3.63) is 47.7 Å². The van der Waals surface area contributed by atoms with Crippen LogP contribution in [0, 0.1) is 47.3 Å². The molecule has 0 saturated carbocycles. The maximum absolute atomic E-state index is 15.0. The Morgan fingerprint density at radius 1 is 0.610 bits per heavy atom. The Hall–Kier alpha value is -8.54. The fraction of sp³-hybridized carbons (Fsp3) is 0.707. The van der Waals surface area contributed by atoms with E-state index in [2.05, 4.69) is 63.8 Å². The number of esters is 1. The topological polar surface area (TPSA) is 442 Å². The molecule has 0 spiro atoms. The van der Waals surface area contributed by atoms with Gasteiger partial charge in [0.1, 0.15) is 84.3 Å². The molecule has 16 atom stereocenters. The summed E-state index contributed by atoms with van der Waals surface area (Å²) < 4.78 is 5.96. The average Bonchev–Trinajstić information content (AvgIpc) is 1.79. The van der Waals surface area contributed by atoms with Crippen LogP contribution in [0.3, 0.4) is 0 Å². The van der Waals surface area contributed by atoms with Gasteiger partial charge in [0.05, 0.1) is 6.10 Å². The number of cyclic esters (lactones) is 1. The van der Waals surface area contributed by atoms with Crippen LogP contribution in [-0.2, 0) is 78.3 Å². The van der Waals surface area contributed by atoms with E-state index >= 15 is 9.59 Å². The second kappa shape index (κ2) is 43.8. The molecule has 0 bridgehead atoms. The van der Waals surface area contributed by atoms with Gasteiger partial charge in [-0.05, 0) is 112 Å². The number of amides is 13. The summed E-state index contributed by atoms with van der Waals surface area (Å²) >= 11 is 0. The van der Waals surface area contributed by atoms with E-state index in [1.54, 1.807) is 127 Å². The number of benzene rings is 1. The molecule has 15 N–H and O–H groups in total. The number of aliphatic hydroxyl groups is 1. The number of nitrogens with zero attached hydrogens (tertiary/aromatic N) is 1. The molecule has 0 radical (unpaired) electrons. The Balaban J connectivity index is 2.00. The van der Waals surface area contributed by atoms with E-state index in [0.717, 1.165) is 6.42 Å². The molecule has 2 fully saturated rings. The predicted molar refractivity (Wildman–Crippen MR) is 395 cm³/mol. The van der Waals surface area contributed by atoms with Crippen molar-refractivity contribution in [1.82, 2.24) is 68.7 Å². The van der Waals surface area contributed by atoms with E-state index in [1.165, 1.54) is 31.7 Å². The summed E-state index contributed by atoms with van der Waals surface area (Å²) in [7, 11) is 0. The summed E-state index contributed by atoms with van der Waals surface area (Å²) in [6.45, 7) is 31.8. The summed E-state index contributed by atoms with van der Waals surface area (Å²) in [6.07, 6.45) is 1.02. The lowest BCUT2D eigenvalue weighted by molar-refractivity contribution is -0.157. The molecule has 2 aliphatic heterocycles. The number of ether oxygens (including phenoxy) is 1. The van der Waals surface area contributed by atoms with Crippen LogP contribution in [-0.4, -0.2) is 191 Å². The minimum Gasteiger partial charge on any atom is -0.458 e. The average molecular weight is 1480 g/mol. The van der Waals surface area contributed by atoms with E-state index in [1.807, 2.05) is 13.8 Å². The van der Waals surface area contributed by atoms with Gasteiger partial charge in [-0.2, -0.15) is 0 Å². The number of aliphatic hydroxyl groups excluding tert-OH is 1. The molecular formula is C75H124N14O16. The van der Waals surface area contributed by atoms with Crippen LogP contribution >= 0.6 is 0 Å². The van der Waals surface area contributed by atoms with E-state index in [0.29, 0.717) is 30.7 Å². The molecule has 2 saturated heterocycles. The zero-order valence-electron chi connectivity index (χ0n) is 65.2. The molecule has 13 amide bonds. The van der Waals surface area contributed by atoms with E-state index in [9.17, 15) is 62.6 Å². The lowest BCUT2D eigenvalue weighted by atomic mass is 9.95. The first-order chi connectivity index (χ1) is 49.2. The Labute approximate surface area is 620 Å². The highest BCUT2D eigenvalue weighted by Crippen LogP contribution is 2.23. The molecule has 30 nitrogen and oxygen atoms in total. The summed E-state index contributed by atoms with van der Waals surface area (Å²) in [5, 5.41) is 43.2. The fourth-order valence-corrected chi connectivity index (χ4v) is 12.1. The third-order valence-electron chi connectivity index (χ3n) is 19.3. The maximum Gasteiger partial charge on any atom is 0.329 e. The molecule has 3 rings (SSSR count). The molecule has 1 aromatic carbocycles. The first-order valence-corrected chi connectivity index (χ1v) is 37.5. The lowest BCUT2D eigenvalue weighted by Gasteiger charge is -2.33. The number of hydrogen-bond acceptors (Lipinski definition) is 17. The monoisotopic (exact) mass is 1480 g/mol. The van der Waals surface area contributed by atoms with Crippen molar-refractivity contribution >= 4 is 82.8 Å². The van der Waals surface area contributed by atoms with Crippen molar-refractivity contribution < 1.29 is 77.0 Å². The molecule has 30 heteroatoms. The first-order valence-electron chi connectivity index (χ1n) is 37.5. The predicted octanol–water partition coefficient (Wildman–Crippen LogP) is 1.84. The molecular weight excluding hydrogens is 1350 g/mol. The Kier molecular flexibility index (Phi) is 37.8. The van der Waals surface area contributed by atoms with Gasteiger partial charge in [-0.25, -0.2) is 4.79 Å². The van der Waals surface area contributed by atoms with Crippen molar-refractivity contribution in [1.29, 1.82) is 0 Å². The largest absolute Gasteiger partial charge is 0.458 e.